The van der Waals surface area contributed by atoms with Crippen molar-refractivity contribution in [2.24, 2.45) is 5.92 Å². The molecule has 1 saturated carbocycles. The lowest BCUT2D eigenvalue weighted by Gasteiger charge is -2.10. The highest BCUT2D eigenvalue weighted by atomic mass is 35.5. The Balaban J connectivity index is 1.52. The number of anilines is 1. The van der Waals surface area contributed by atoms with E-state index in [1.54, 1.807) is 0 Å². The summed E-state index contributed by atoms with van der Waals surface area (Å²) in [6.45, 7) is 0. The summed E-state index contributed by atoms with van der Waals surface area (Å²) in [7, 11) is 0. The minimum atomic E-state index is -2.93. The molecule has 36 heavy (non-hydrogen) atoms. The van der Waals surface area contributed by atoms with Crippen LogP contribution in [0.5, 0.6) is 0 Å². The molecular formula is C25H15Cl3F5NO2. The molecule has 3 aromatic carbocycles. The molecule has 0 heterocycles. The first kappa shape index (κ1) is 26.4. The lowest BCUT2D eigenvalue weighted by molar-refractivity contribution is -0.117. The Labute approximate surface area is 217 Å². The van der Waals surface area contributed by atoms with Gasteiger partial charge in [0.2, 0.25) is 5.91 Å². The first-order chi connectivity index (χ1) is 16.9. The molecule has 1 aliphatic carbocycles. The van der Waals surface area contributed by atoms with E-state index in [1.807, 2.05) is 0 Å². The molecule has 188 valence electrons. The minimum Gasteiger partial charge on any atom is -0.326 e. The van der Waals surface area contributed by atoms with Crippen LogP contribution in [0.2, 0.25) is 5.02 Å². The van der Waals surface area contributed by atoms with Crippen LogP contribution in [0.3, 0.4) is 0 Å². The van der Waals surface area contributed by atoms with E-state index in [-0.39, 0.29) is 27.4 Å². The van der Waals surface area contributed by atoms with E-state index >= 15 is 0 Å². The first-order valence-corrected chi connectivity index (χ1v) is 11.6. The number of alkyl halides is 4. The number of ketones is 1. The van der Waals surface area contributed by atoms with Gasteiger partial charge in [0, 0.05) is 35.2 Å². The van der Waals surface area contributed by atoms with Gasteiger partial charge in [0.1, 0.15) is 21.8 Å². The van der Waals surface area contributed by atoms with Crippen LogP contribution >= 0.6 is 34.8 Å². The molecule has 0 aromatic heterocycles. The molecule has 3 aromatic rings. The fraction of sp³-hybridized carbons (Fsp3) is 0.200. The minimum absolute atomic E-state index is 0.0275. The molecule has 0 aliphatic heterocycles. The third kappa shape index (κ3) is 5.36. The van der Waals surface area contributed by atoms with E-state index in [4.69, 9.17) is 34.8 Å². The SMILES string of the molecule is O=C(Cc1ccc(F)cc1F)c1cc(NC(=O)C2C(c3cc(F)cc(C(F)F)c3)C2(Cl)Cl)ccc1Cl. The van der Waals surface area contributed by atoms with Crippen molar-refractivity contribution in [3.8, 4) is 0 Å². The van der Waals surface area contributed by atoms with E-state index in [0.29, 0.717) is 12.1 Å². The van der Waals surface area contributed by atoms with Gasteiger partial charge in [0.05, 0.1) is 10.9 Å². The van der Waals surface area contributed by atoms with Crippen molar-refractivity contribution in [2.45, 2.75) is 23.1 Å². The van der Waals surface area contributed by atoms with Crippen LogP contribution in [0.4, 0.5) is 27.6 Å². The Kier molecular flexibility index (Phi) is 7.33. The maximum absolute atomic E-state index is 13.9. The summed E-state index contributed by atoms with van der Waals surface area (Å²) in [6, 6.07) is 9.52. The monoisotopic (exact) mass is 561 g/mol. The van der Waals surface area contributed by atoms with Gasteiger partial charge in [-0.15, -0.1) is 23.2 Å². The van der Waals surface area contributed by atoms with E-state index in [0.717, 1.165) is 24.3 Å². The van der Waals surface area contributed by atoms with Gasteiger partial charge in [-0.25, -0.2) is 22.0 Å². The summed E-state index contributed by atoms with van der Waals surface area (Å²) < 4.78 is 65.4. The molecule has 0 saturated heterocycles. The van der Waals surface area contributed by atoms with Crippen molar-refractivity contribution in [1.82, 2.24) is 0 Å². The largest absolute Gasteiger partial charge is 0.326 e. The summed E-state index contributed by atoms with van der Waals surface area (Å²) in [5.41, 5.74) is -0.461. The zero-order chi connectivity index (χ0) is 26.4. The molecule has 0 radical (unpaired) electrons. The van der Waals surface area contributed by atoms with Gasteiger partial charge < -0.3 is 5.32 Å². The van der Waals surface area contributed by atoms with Gasteiger partial charge in [-0.1, -0.05) is 17.7 Å². The zero-order valence-corrected chi connectivity index (χ0v) is 20.2. The van der Waals surface area contributed by atoms with Crippen molar-refractivity contribution in [3.63, 3.8) is 0 Å². The number of Topliss-reactive ketones (excluding diaryl/α,β-unsaturated/α-hetero) is 1. The quantitative estimate of drug-likeness (QED) is 0.183. The second-order valence-corrected chi connectivity index (χ2v) is 10.1. The lowest BCUT2D eigenvalue weighted by atomic mass is 10.0. The number of amides is 1. The molecule has 3 nitrogen and oxygen atoms in total. The number of benzene rings is 3. The molecular weight excluding hydrogens is 548 g/mol. The van der Waals surface area contributed by atoms with Crippen molar-refractivity contribution in [3.05, 3.63) is 99.3 Å². The van der Waals surface area contributed by atoms with Gasteiger partial charge in [-0.3, -0.25) is 9.59 Å². The highest BCUT2D eigenvalue weighted by Crippen LogP contribution is 2.65. The van der Waals surface area contributed by atoms with Crippen LogP contribution in [-0.2, 0) is 11.2 Å². The van der Waals surface area contributed by atoms with Crippen LogP contribution in [0.25, 0.3) is 0 Å². The maximum Gasteiger partial charge on any atom is 0.263 e. The van der Waals surface area contributed by atoms with Gasteiger partial charge in [0.25, 0.3) is 6.43 Å². The van der Waals surface area contributed by atoms with Gasteiger partial charge in [-0.2, -0.15) is 0 Å². The van der Waals surface area contributed by atoms with Gasteiger partial charge >= 0.3 is 0 Å². The third-order valence-corrected chi connectivity index (χ3v) is 7.06. The molecule has 4 rings (SSSR count). The third-order valence-electron chi connectivity index (χ3n) is 5.79. The lowest BCUT2D eigenvalue weighted by Crippen LogP contribution is -2.17. The fourth-order valence-electron chi connectivity index (χ4n) is 3.98. The Bertz CT molecular complexity index is 1370. The Hall–Kier alpha value is -2.68. The van der Waals surface area contributed by atoms with E-state index in [1.165, 1.54) is 18.2 Å². The predicted octanol–water partition coefficient (Wildman–Crippen LogP) is 7.65. The molecule has 1 N–H and O–H groups in total. The van der Waals surface area contributed by atoms with Crippen LogP contribution in [-0.4, -0.2) is 16.0 Å². The highest BCUT2D eigenvalue weighted by Gasteiger charge is 2.67. The Morgan fingerprint density at radius 3 is 2.33 bits per heavy atom. The smallest absolute Gasteiger partial charge is 0.263 e. The summed E-state index contributed by atoms with van der Waals surface area (Å²) in [6.07, 6.45) is -3.34. The molecule has 1 amide bonds. The number of hydrogen-bond acceptors (Lipinski definition) is 2. The standard InChI is InChI=1S/C25H15Cl3F5NO2/c26-18-4-3-16(10-17(18)20(35)8-11-1-2-14(29)9-19(11)31)34-24(36)22-21(25(22,27)28)12-5-13(23(32)33)7-15(30)6-12/h1-7,9-10,21-23H,8H2,(H,34,36). The van der Waals surface area contributed by atoms with Crippen molar-refractivity contribution in [1.29, 1.82) is 0 Å². The molecule has 2 unspecified atom stereocenters. The van der Waals surface area contributed by atoms with Crippen LogP contribution < -0.4 is 5.32 Å². The maximum atomic E-state index is 13.9. The van der Waals surface area contributed by atoms with Crippen LogP contribution in [0.1, 0.15) is 39.4 Å². The Morgan fingerprint density at radius 2 is 1.67 bits per heavy atom. The molecule has 11 heteroatoms. The van der Waals surface area contributed by atoms with Crippen molar-refractivity contribution < 1.29 is 31.5 Å². The number of carbonyl (C=O) groups excluding carboxylic acids is 2. The highest BCUT2D eigenvalue weighted by molar-refractivity contribution is 6.53. The average molecular weight is 563 g/mol. The predicted molar refractivity (Wildman–Crippen MR) is 126 cm³/mol. The van der Waals surface area contributed by atoms with Crippen LogP contribution in [0, 0.1) is 23.4 Å². The number of halogens is 8. The van der Waals surface area contributed by atoms with E-state index in [9.17, 15) is 31.5 Å². The zero-order valence-electron chi connectivity index (χ0n) is 18.0. The topological polar surface area (TPSA) is 46.2 Å². The van der Waals surface area contributed by atoms with Crippen molar-refractivity contribution in [2.75, 3.05) is 5.32 Å². The number of nitrogens with one attached hydrogen (secondary N) is 1. The normalized spacial score (nSPS) is 18.2. The van der Waals surface area contributed by atoms with Gasteiger partial charge in [0.15, 0.2) is 5.78 Å². The molecule has 2 atom stereocenters. The van der Waals surface area contributed by atoms with E-state index < -0.39 is 63.7 Å². The van der Waals surface area contributed by atoms with Crippen molar-refractivity contribution >= 4 is 52.2 Å². The van der Waals surface area contributed by atoms with Gasteiger partial charge in [-0.05, 0) is 53.6 Å². The first-order valence-electron chi connectivity index (χ1n) is 10.4. The van der Waals surface area contributed by atoms with E-state index in [2.05, 4.69) is 5.32 Å². The summed E-state index contributed by atoms with van der Waals surface area (Å²) in [5, 5.41) is 2.57. The second kappa shape index (κ2) is 10.00. The second-order valence-electron chi connectivity index (χ2n) is 8.27. The number of rotatable bonds is 7. The summed E-state index contributed by atoms with van der Waals surface area (Å²) >= 11 is 18.6. The average Bonchev–Trinajstić information content (AvgIpc) is 3.38. The summed E-state index contributed by atoms with van der Waals surface area (Å²) in [4.78, 5) is 25.6. The number of hydrogen-bond donors (Lipinski definition) is 1. The van der Waals surface area contributed by atoms with Crippen LogP contribution in [0.15, 0.2) is 54.6 Å². The molecule has 1 aliphatic rings. The molecule has 0 spiro atoms. The molecule has 0 bridgehead atoms. The Morgan fingerprint density at radius 1 is 0.944 bits per heavy atom. The summed E-state index contributed by atoms with van der Waals surface area (Å²) in [5.74, 6) is -5.94. The number of carbonyl (C=O) groups is 2. The molecule has 1 fully saturated rings. The fourth-order valence-corrected chi connectivity index (χ4v) is 5.03.